The maximum Gasteiger partial charge on any atom is 0.222 e. The molecule has 3 atom stereocenters. The maximum absolute atomic E-state index is 13.6. The standard InChI is InChI=1S/C33H38N4O3S2/c1-22-35-30-19-27(15-17-32(30)41-22)37(42(39)40)31(24-8-3-2-4-9-24)20-33(38)36-29-13-7-10-25-18-23(14-16-28(25)29)21-34-26-11-5-6-12-26/h2-4,8-9,14-19,26,29,31,34H,5-7,10-13,20-21H2,1H3,(H,36,38)(H,39,40)/p-1. The molecule has 2 N–H and O–H groups in total. The summed E-state index contributed by atoms with van der Waals surface area (Å²) in [5, 5.41) is 7.88. The lowest BCUT2D eigenvalue weighted by atomic mass is 9.86. The second-order valence-corrected chi connectivity index (χ2v) is 13.5. The van der Waals surface area contributed by atoms with Crippen LogP contribution < -0.4 is 14.9 Å². The Morgan fingerprint density at radius 1 is 1.07 bits per heavy atom. The summed E-state index contributed by atoms with van der Waals surface area (Å²) in [5.41, 5.74) is 5.76. The van der Waals surface area contributed by atoms with Gasteiger partial charge in [-0.3, -0.25) is 13.3 Å². The van der Waals surface area contributed by atoms with E-state index in [0.717, 1.165) is 46.6 Å². The van der Waals surface area contributed by atoms with Crippen molar-refractivity contribution in [3.05, 3.63) is 94.0 Å². The van der Waals surface area contributed by atoms with E-state index in [4.69, 9.17) is 0 Å². The number of thiazole rings is 1. The number of hydrogen-bond acceptors (Lipinski definition) is 6. The fourth-order valence-electron chi connectivity index (χ4n) is 6.50. The maximum atomic E-state index is 13.6. The summed E-state index contributed by atoms with van der Waals surface area (Å²) in [4.78, 5) is 18.2. The van der Waals surface area contributed by atoms with Crippen molar-refractivity contribution in [3.63, 3.8) is 0 Å². The predicted molar refractivity (Wildman–Crippen MR) is 169 cm³/mol. The van der Waals surface area contributed by atoms with Crippen LogP contribution in [0, 0.1) is 6.92 Å². The molecule has 2 aliphatic carbocycles. The lowest BCUT2D eigenvalue weighted by Crippen LogP contribution is -2.37. The smallest absolute Gasteiger partial charge is 0.222 e. The zero-order valence-corrected chi connectivity index (χ0v) is 25.5. The minimum absolute atomic E-state index is 0.00134. The number of aryl methyl sites for hydroxylation is 2. The van der Waals surface area contributed by atoms with Crippen LogP contribution >= 0.6 is 11.3 Å². The topological polar surface area (TPSA) is 97.4 Å². The first-order valence-electron chi connectivity index (χ1n) is 14.9. The van der Waals surface area contributed by atoms with Gasteiger partial charge in [0.05, 0.1) is 39.4 Å². The van der Waals surface area contributed by atoms with Crippen LogP contribution in [0.25, 0.3) is 10.2 Å². The van der Waals surface area contributed by atoms with Gasteiger partial charge in [-0.25, -0.2) is 4.98 Å². The van der Waals surface area contributed by atoms with Crippen LogP contribution in [-0.4, -0.2) is 25.7 Å². The van der Waals surface area contributed by atoms with Gasteiger partial charge < -0.3 is 15.2 Å². The third-order valence-electron chi connectivity index (χ3n) is 8.55. The first kappa shape index (κ1) is 29.0. The summed E-state index contributed by atoms with van der Waals surface area (Å²) in [6.45, 7) is 2.81. The quantitative estimate of drug-likeness (QED) is 0.201. The van der Waals surface area contributed by atoms with Crippen LogP contribution in [0.1, 0.15) is 84.3 Å². The van der Waals surface area contributed by atoms with E-state index in [1.165, 1.54) is 46.7 Å². The number of hydrogen-bond donors (Lipinski definition) is 2. The molecule has 2 aliphatic rings. The third-order valence-corrected chi connectivity index (χ3v) is 10.3. The van der Waals surface area contributed by atoms with E-state index in [1.54, 1.807) is 23.5 Å². The summed E-state index contributed by atoms with van der Waals surface area (Å²) < 4.78 is 27.8. The average Bonchev–Trinajstić information content (AvgIpc) is 3.64. The molecule has 6 rings (SSSR count). The number of anilines is 1. The Morgan fingerprint density at radius 2 is 1.88 bits per heavy atom. The highest BCUT2D eigenvalue weighted by Gasteiger charge is 2.28. The first-order chi connectivity index (χ1) is 20.4. The minimum atomic E-state index is -2.61. The zero-order chi connectivity index (χ0) is 29.1. The van der Waals surface area contributed by atoms with Gasteiger partial charge in [-0.2, -0.15) is 0 Å². The lowest BCUT2D eigenvalue weighted by molar-refractivity contribution is -0.122. The minimum Gasteiger partial charge on any atom is -0.755 e. The van der Waals surface area contributed by atoms with E-state index in [1.807, 2.05) is 43.3 Å². The van der Waals surface area contributed by atoms with Gasteiger partial charge in [-0.1, -0.05) is 61.4 Å². The largest absolute Gasteiger partial charge is 0.755 e. The third kappa shape index (κ3) is 6.59. The molecule has 1 saturated carbocycles. The number of benzene rings is 3. The van der Waals surface area contributed by atoms with Crippen molar-refractivity contribution in [1.29, 1.82) is 0 Å². The Kier molecular flexibility index (Phi) is 9.00. The molecule has 0 bridgehead atoms. The molecule has 220 valence electrons. The summed E-state index contributed by atoms with van der Waals surface area (Å²) in [6.07, 6.45) is 8.04. The van der Waals surface area contributed by atoms with Crippen molar-refractivity contribution in [2.24, 2.45) is 0 Å². The lowest BCUT2D eigenvalue weighted by Gasteiger charge is -2.35. The van der Waals surface area contributed by atoms with Gasteiger partial charge in [0.15, 0.2) is 0 Å². The number of carbonyl (C=O) groups is 1. The first-order valence-corrected chi connectivity index (χ1v) is 16.7. The van der Waals surface area contributed by atoms with Crippen molar-refractivity contribution in [2.45, 2.75) is 83.0 Å². The van der Waals surface area contributed by atoms with E-state index >= 15 is 0 Å². The molecule has 1 amide bonds. The fraction of sp³-hybridized carbons (Fsp3) is 0.394. The molecule has 1 aromatic heterocycles. The molecule has 4 aromatic rings. The number of nitrogens with one attached hydrogen (secondary N) is 2. The molecule has 1 fully saturated rings. The molecular formula is C33H37N4O3S2-. The number of carbonyl (C=O) groups excluding carboxylic acids is 1. The van der Waals surface area contributed by atoms with Crippen LogP contribution in [-0.2, 0) is 29.0 Å². The van der Waals surface area contributed by atoms with Gasteiger partial charge in [-0.15, -0.1) is 11.3 Å². The van der Waals surface area contributed by atoms with Crippen molar-refractivity contribution in [2.75, 3.05) is 4.31 Å². The number of nitrogens with zero attached hydrogens (tertiary/aromatic N) is 2. The van der Waals surface area contributed by atoms with E-state index in [0.29, 0.717) is 11.7 Å². The van der Waals surface area contributed by atoms with Crippen LogP contribution in [0.15, 0.2) is 66.7 Å². The SMILES string of the molecule is Cc1nc2cc(N(C(CC(=O)NC3CCCc4cc(CNC5CCCC5)ccc43)c3ccccc3)S(=O)[O-])ccc2s1. The molecule has 0 aliphatic heterocycles. The monoisotopic (exact) mass is 601 g/mol. The highest BCUT2D eigenvalue weighted by atomic mass is 32.2. The number of fused-ring (bicyclic) bond motifs is 2. The Morgan fingerprint density at radius 3 is 2.67 bits per heavy atom. The molecule has 0 saturated heterocycles. The average molecular weight is 602 g/mol. The Labute approximate surface area is 254 Å². The molecule has 9 heteroatoms. The zero-order valence-electron chi connectivity index (χ0n) is 23.9. The van der Waals surface area contributed by atoms with Crippen molar-refractivity contribution >= 4 is 44.4 Å². The number of rotatable bonds is 10. The van der Waals surface area contributed by atoms with E-state index in [9.17, 15) is 13.6 Å². The van der Waals surface area contributed by atoms with Crippen LogP contribution in [0.4, 0.5) is 5.69 Å². The van der Waals surface area contributed by atoms with Gasteiger partial charge in [0.2, 0.25) is 5.91 Å². The molecule has 3 aromatic carbocycles. The summed E-state index contributed by atoms with van der Waals surface area (Å²) in [6, 6.07) is 21.3. The number of amides is 1. The van der Waals surface area contributed by atoms with Gasteiger partial charge in [0.1, 0.15) is 0 Å². The van der Waals surface area contributed by atoms with Crippen LogP contribution in [0.3, 0.4) is 0 Å². The summed E-state index contributed by atoms with van der Waals surface area (Å²) >= 11 is -1.05. The Hall–Kier alpha value is -3.11. The number of aromatic nitrogens is 1. The second kappa shape index (κ2) is 13.0. The van der Waals surface area contributed by atoms with Crippen molar-refractivity contribution in [3.8, 4) is 0 Å². The predicted octanol–water partition coefficient (Wildman–Crippen LogP) is 6.56. The molecule has 0 spiro atoms. The van der Waals surface area contributed by atoms with E-state index < -0.39 is 17.3 Å². The molecule has 3 unspecified atom stereocenters. The fourth-order valence-corrected chi connectivity index (χ4v) is 8.00. The molecule has 1 heterocycles. The Balaban J connectivity index is 1.21. The second-order valence-electron chi connectivity index (χ2n) is 11.5. The van der Waals surface area contributed by atoms with Crippen LogP contribution in [0.5, 0.6) is 0 Å². The van der Waals surface area contributed by atoms with Crippen LogP contribution in [0.2, 0.25) is 0 Å². The van der Waals surface area contributed by atoms with Gasteiger partial charge >= 0.3 is 0 Å². The van der Waals surface area contributed by atoms with Gasteiger partial charge in [-0.05, 0) is 79.5 Å². The summed E-state index contributed by atoms with van der Waals surface area (Å²) in [7, 11) is 0. The molecule has 7 nitrogen and oxygen atoms in total. The summed E-state index contributed by atoms with van der Waals surface area (Å²) in [5.74, 6) is -0.172. The van der Waals surface area contributed by atoms with E-state index in [2.05, 4.69) is 33.8 Å². The Bertz CT molecular complexity index is 1570. The highest BCUT2D eigenvalue weighted by Crippen LogP contribution is 2.35. The van der Waals surface area contributed by atoms with Crippen molar-refractivity contribution < 1.29 is 13.6 Å². The van der Waals surface area contributed by atoms with Gasteiger partial charge in [0.25, 0.3) is 0 Å². The molecular weight excluding hydrogens is 565 g/mol. The van der Waals surface area contributed by atoms with Crippen molar-refractivity contribution in [1.82, 2.24) is 15.6 Å². The molecule has 42 heavy (non-hydrogen) atoms. The normalized spacial score (nSPS) is 18.5. The van der Waals surface area contributed by atoms with E-state index in [-0.39, 0.29) is 18.4 Å². The van der Waals surface area contributed by atoms with Gasteiger partial charge in [0, 0.05) is 23.9 Å². The molecule has 0 radical (unpaired) electrons. The highest BCUT2D eigenvalue weighted by molar-refractivity contribution is 7.80.